The van der Waals surface area contributed by atoms with Crippen LogP contribution in [-0.4, -0.2) is 15.1 Å². The highest BCUT2D eigenvalue weighted by molar-refractivity contribution is 5.76. The maximum atomic E-state index is 5.48. The summed E-state index contributed by atoms with van der Waals surface area (Å²) in [5.74, 6) is 0.862. The summed E-state index contributed by atoms with van der Waals surface area (Å²) in [4.78, 5) is 8.68. The van der Waals surface area contributed by atoms with Gasteiger partial charge < -0.3 is 10.3 Å². The maximum absolute atomic E-state index is 5.48. The highest BCUT2D eigenvalue weighted by atomic mass is 16.5. The van der Waals surface area contributed by atoms with Crippen molar-refractivity contribution in [2.45, 2.75) is 0 Å². The molecule has 0 aliphatic carbocycles. The third kappa shape index (κ3) is 1.38. The first kappa shape index (κ1) is 8.84. The van der Waals surface area contributed by atoms with Gasteiger partial charge in [0.2, 0.25) is 0 Å². The van der Waals surface area contributed by atoms with E-state index < -0.39 is 0 Å². The van der Waals surface area contributed by atoms with Gasteiger partial charge in [0.15, 0.2) is 11.6 Å². The second-order valence-corrected chi connectivity index (χ2v) is 3.36. The number of nitrogen functional groups attached to an aromatic ring is 1. The predicted molar refractivity (Wildman–Crippen MR) is 59.4 cm³/mol. The third-order valence-corrected chi connectivity index (χ3v) is 2.23. The molecule has 0 saturated carbocycles. The van der Waals surface area contributed by atoms with E-state index in [9.17, 15) is 0 Å². The van der Waals surface area contributed by atoms with Crippen LogP contribution < -0.4 is 5.73 Å². The quantitative estimate of drug-likeness (QED) is 0.666. The average Bonchev–Trinajstić information content (AvgIpc) is 2.75. The largest absolute Gasteiger partial charge is 0.381 e. The van der Waals surface area contributed by atoms with Gasteiger partial charge >= 0.3 is 0 Å². The Hall–Kier alpha value is -2.43. The summed E-state index contributed by atoms with van der Waals surface area (Å²) in [6, 6.07) is 9.25. The topological polar surface area (TPSA) is 77.8 Å². The van der Waals surface area contributed by atoms with E-state index in [0.717, 1.165) is 11.0 Å². The molecule has 0 amide bonds. The standard InChI is InChI=1S/C11H8N4O/c12-11-5-10(16-15-11)9-6-13-7-3-1-2-4-8(7)14-9/h1-6H,(H2,12,15). The number of nitrogens with zero attached hydrogens (tertiary/aromatic N) is 3. The van der Waals surface area contributed by atoms with Crippen LogP contribution in [-0.2, 0) is 0 Å². The number of hydrogen-bond acceptors (Lipinski definition) is 5. The molecule has 3 aromatic rings. The number of rotatable bonds is 1. The molecule has 0 bridgehead atoms. The molecule has 2 N–H and O–H groups in total. The lowest BCUT2D eigenvalue weighted by molar-refractivity contribution is 0.434. The van der Waals surface area contributed by atoms with Crippen LogP contribution in [0, 0.1) is 0 Å². The summed E-state index contributed by atoms with van der Waals surface area (Å²) in [5.41, 5.74) is 7.76. The zero-order chi connectivity index (χ0) is 11.0. The van der Waals surface area contributed by atoms with Crippen molar-refractivity contribution in [2.24, 2.45) is 0 Å². The van der Waals surface area contributed by atoms with Crippen molar-refractivity contribution in [1.29, 1.82) is 0 Å². The van der Waals surface area contributed by atoms with Crippen LogP contribution in [0.1, 0.15) is 0 Å². The molecule has 16 heavy (non-hydrogen) atoms. The van der Waals surface area contributed by atoms with Gasteiger partial charge in [-0.05, 0) is 12.1 Å². The summed E-state index contributed by atoms with van der Waals surface area (Å²) in [7, 11) is 0. The molecular formula is C11H8N4O. The molecule has 2 heterocycles. The second kappa shape index (κ2) is 3.30. The van der Waals surface area contributed by atoms with Crippen molar-refractivity contribution in [3.63, 3.8) is 0 Å². The van der Waals surface area contributed by atoms with Crippen LogP contribution in [0.15, 0.2) is 41.1 Å². The Bertz CT molecular complexity index is 647. The lowest BCUT2D eigenvalue weighted by Crippen LogP contribution is -1.86. The zero-order valence-electron chi connectivity index (χ0n) is 8.29. The van der Waals surface area contributed by atoms with Crippen molar-refractivity contribution in [3.05, 3.63) is 36.5 Å². The molecule has 0 atom stereocenters. The normalized spacial score (nSPS) is 10.8. The SMILES string of the molecule is Nc1cc(-c2cnc3ccccc3n2)on1. The second-order valence-electron chi connectivity index (χ2n) is 3.36. The van der Waals surface area contributed by atoms with Gasteiger partial charge in [-0.3, -0.25) is 4.98 Å². The molecule has 0 saturated heterocycles. The van der Waals surface area contributed by atoms with E-state index in [1.807, 2.05) is 24.3 Å². The summed E-state index contributed by atoms with van der Waals surface area (Å²) in [6.07, 6.45) is 1.64. The summed E-state index contributed by atoms with van der Waals surface area (Å²) < 4.78 is 5.02. The van der Waals surface area contributed by atoms with Gasteiger partial charge in [-0.25, -0.2) is 4.98 Å². The van der Waals surface area contributed by atoms with Crippen LogP contribution in [0.5, 0.6) is 0 Å². The first-order chi connectivity index (χ1) is 7.83. The van der Waals surface area contributed by atoms with E-state index in [2.05, 4.69) is 15.1 Å². The number of aromatic nitrogens is 3. The molecule has 3 rings (SSSR count). The number of benzene rings is 1. The van der Waals surface area contributed by atoms with Gasteiger partial charge in [0.05, 0.1) is 17.2 Å². The zero-order valence-corrected chi connectivity index (χ0v) is 8.29. The Morgan fingerprint density at radius 3 is 2.69 bits per heavy atom. The Morgan fingerprint density at radius 1 is 1.12 bits per heavy atom. The Kier molecular flexibility index (Phi) is 1.83. The fourth-order valence-electron chi connectivity index (χ4n) is 1.49. The van der Waals surface area contributed by atoms with E-state index in [-0.39, 0.29) is 0 Å². The molecule has 1 aromatic carbocycles. The number of anilines is 1. The van der Waals surface area contributed by atoms with Gasteiger partial charge in [-0.15, -0.1) is 0 Å². The highest BCUT2D eigenvalue weighted by Crippen LogP contribution is 2.20. The molecule has 5 nitrogen and oxygen atoms in total. The predicted octanol–water partition coefficient (Wildman–Crippen LogP) is 1.87. The minimum absolute atomic E-state index is 0.338. The Morgan fingerprint density at radius 2 is 1.94 bits per heavy atom. The van der Waals surface area contributed by atoms with Crippen LogP contribution in [0.3, 0.4) is 0 Å². The lowest BCUT2D eigenvalue weighted by atomic mass is 10.2. The molecule has 2 aromatic heterocycles. The molecule has 0 fully saturated rings. The number of nitrogens with two attached hydrogens (primary N) is 1. The summed E-state index contributed by atoms with van der Waals surface area (Å²) >= 11 is 0. The average molecular weight is 212 g/mol. The van der Waals surface area contributed by atoms with E-state index in [1.54, 1.807) is 12.3 Å². The minimum atomic E-state index is 0.338. The van der Waals surface area contributed by atoms with Crippen LogP contribution in [0.4, 0.5) is 5.82 Å². The van der Waals surface area contributed by atoms with E-state index in [4.69, 9.17) is 10.3 Å². The van der Waals surface area contributed by atoms with Gasteiger partial charge in [-0.1, -0.05) is 17.3 Å². The van der Waals surface area contributed by atoms with Gasteiger partial charge in [0, 0.05) is 6.07 Å². The molecule has 5 heteroatoms. The fraction of sp³-hybridized carbons (Fsp3) is 0. The highest BCUT2D eigenvalue weighted by Gasteiger charge is 2.07. The molecular weight excluding hydrogens is 204 g/mol. The Balaban J connectivity index is 2.18. The van der Waals surface area contributed by atoms with Crippen LogP contribution in [0.25, 0.3) is 22.5 Å². The van der Waals surface area contributed by atoms with Gasteiger partial charge in [0.1, 0.15) is 5.69 Å². The number of hydrogen-bond donors (Lipinski definition) is 1. The lowest BCUT2D eigenvalue weighted by Gasteiger charge is -1.97. The maximum Gasteiger partial charge on any atom is 0.189 e. The van der Waals surface area contributed by atoms with Crippen molar-refractivity contribution in [3.8, 4) is 11.5 Å². The summed E-state index contributed by atoms with van der Waals surface area (Å²) in [5, 5.41) is 3.61. The molecule has 78 valence electrons. The molecule has 0 radical (unpaired) electrons. The third-order valence-electron chi connectivity index (χ3n) is 2.23. The van der Waals surface area contributed by atoms with Crippen LogP contribution >= 0.6 is 0 Å². The first-order valence-electron chi connectivity index (χ1n) is 4.77. The molecule has 0 aliphatic heterocycles. The van der Waals surface area contributed by atoms with Crippen molar-refractivity contribution in [2.75, 3.05) is 5.73 Å². The minimum Gasteiger partial charge on any atom is -0.381 e. The van der Waals surface area contributed by atoms with Gasteiger partial charge in [0.25, 0.3) is 0 Å². The van der Waals surface area contributed by atoms with Crippen molar-refractivity contribution in [1.82, 2.24) is 15.1 Å². The van der Waals surface area contributed by atoms with Crippen LogP contribution in [0.2, 0.25) is 0 Å². The van der Waals surface area contributed by atoms with Crippen molar-refractivity contribution < 1.29 is 4.52 Å². The molecule has 0 aliphatic rings. The van der Waals surface area contributed by atoms with E-state index in [0.29, 0.717) is 17.3 Å². The van der Waals surface area contributed by atoms with Crippen molar-refractivity contribution >= 4 is 16.9 Å². The summed E-state index contributed by atoms with van der Waals surface area (Å²) in [6.45, 7) is 0. The van der Waals surface area contributed by atoms with Gasteiger partial charge in [-0.2, -0.15) is 0 Å². The Labute approximate surface area is 90.9 Å². The van der Waals surface area contributed by atoms with E-state index in [1.165, 1.54) is 0 Å². The first-order valence-corrected chi connectivity index (χ1v) is 4.77. The smallest absolute Gasteiger partial charge is 0.189 e. The number of fused-ring (bicyclic) bond motifs is 1. The monoisotopic (exact) mass is 212 g/mol. The molecule has 0 spiro atoms. The number of para-hydroxylation sites is 2. The fourth-order valence-corrected chi connectivity index (χ4v) is 1.49. The molecule has 0 unspecified atom stereocenters. The van der Waals surface area contributed by atoms with E-state index >= 15 is 0 Å².